The summed E-state index contributed by atoms with van der Waals surface area (Å²) in [5, 5.41) is 6.45. The normalized spacial score (nSPS) is 11.3. The maximum atomic E-state index is 12.3. The topological polar surface area (TPSA) is 103 Å². The van der Waals surface area contributed by atoms with Gasteiger partial charge in [0, 0.05) is 22.5 Å². The molecule has 7 nitrogen and oxygen atoms in total. The van der Waals surface area contributed by atoms with Gasteiger partial charge in [0.25, 0.3) is 5.91 Å². The Balaban J connectivity index is 2.03. The third-order valence-corrected chi connectivity index (χ3v) is 3.67. The lowest BCUT2D eigenvalue weighted by Crippen LogP contribution is -2.31. The van der Waals surface area contributed by atoms with Crippen molar-refractivity contribution >= 4 is 34.8 Å². The van der Waals surface area contributed by atoms with Crippen LogP contribution in [0.1, 0.15) is 6.92 Å². The molecule has 2 rings (SSSR count). The maximum Gasteiger partial charge on any atom is 0.255 e. The number of nitrogens with one attached hydrogen (secondary N) is 2. The molecular weight excluding hydrogens is 358 g/mol. The van der Waals surface area contributed by atoms with Gasteiger partial charge in [-0.3, -0.25) is 9.59 Å². The summed E-state index contributed by atoms with van der Waals surface area (Å²) in [6, 6.07) is 11.3. The van der Waals surface area contributed by atoms with Gasteiger partial charge < -0.3 is 25.8 Å². The number of anilines is 2. The van der Waals surface area contributed by atoms with Crippen LogP contribution in [-0.4, -0.2) is 31.6 Å². The number of carbonyl (C=O) groups excluding carboxylic acids is 2. The standard InChI is InChI=1S/C18H20ClN3O4/c1-11(18(24)22-13-5-3-12(19)4-6-13)21-14-7-8-15(25-2)16(9-14)26-10-17(20)23/h3-9,11,21H,10H2,1-2H3,(H2,20,23)(H,22,24)/t11-/m1/s1. The highest BCUT2D eigenvalue weighted by molar-refractivity contribution is 6.30. The van der Waals surface area contributed by atoms with E-state index in [0.717, 1.165) is 0 Å². The first-order valence-electron chi connectivity index (χ1n) is 7.81. The Bertz CT molecular complexity index is 781. The molecular formula is C18H20ClN3O4. The molecule has 0 saturated carbocycles. The number of ether oxygens (including phenoxy) is 2. The molecule has 0 aromatic heterocycles. The Morgan fingerprint density at radius 2 is 1.77 bits per heavy atom. The van der Waals surface area contributed by atoms with Crippen LogP contribution in [0.5, 0.6) is 11.5 Å². The number of halogens is 1. The fraction of sp³-hybridized carbons (Fsp3) is 0.222. The van der Waals surface area contributed by atoms with Crippen LogP contribution in [0, 0.1) is 0 Å². The highest BCUT2D eigenvalue weighted by atomic mass is 35.5. The minimum Gasteiger partial charge on any atom is -0.493 e. The zero-order valence-electron chi connectivity index (χ0n) is 14.4. The van der Waals surface area contributed by atoms with E-state index in [-0.39, 0.29) is 12.5 Å². The second-order valence-corrected chi connectivity index (χ2v) is 5.92. The van der Waals surface area contributed by atoms with E-state index < -0.39 is 11.9 Å². The van der Waals surface area contributed by atoms with Crippen LogP contribution >= 0.6 is 11.6 Å². The van der Waals surface area contributed by atoms with Gasteiger partial charge >= 0.3 is 0 Å². The maximum absolute atomic E-state index is 12.3. The van der Waals surface area contributed by atoms with Crippen LogP contribution in [-0.2, 0) is 9.59 Å². The molecule has 138 valence electrons. The Morgan fingerprint density at radius 1 is 1.12 bits per heavy atom. The molecule has 8 heteroatoms. The molecule has 4 N–H and O–H groups in total. The molecule has 0 fully saturated rings. The molecule has 0 aliphatic heterocycles. The number of primary amides is 1. The molecule has 0 aliphatic carbocycles. The monoisotopic (exact) mass is 377 g/mol. The van der Waals surface area contributed by atoms with E-state index in [2.05, 4.69) is 10.6 Å². The van der Waals surface area contributed by atoms with E-state index >= 15 is 0 Å². The SMILES string of the molecule is COc1ccc(N[C@H](C)C(=O)Nc2ccc(Cl)cc2)cc1OCC(N)=O. The fourth-order valence-corrected chi connectivity index (χ4v) is 2.25. The molecule has 0 aliphatic rings. The van der Waals surface area contributed by atoms with Gasteiger partial charge in [-0.25, -0.2) is 0 Å². The predicted molar refractivity (Wildman–Crippen MR) is 101 cm³/mol. The van der Waals surface area contributed by atoms with Gasteiger partial charge in [0.2, 0.25) is 5.91 Å². The summed E-state index contributed by atoms with van der Waals surface area (Å²) in [7, 11) is 1.49. The summed E-state index contributed by atoms with van der Waals surface area (Å²) < 4.78 is 10.5. The van der Waals surface area contributed by atoms with Gasteiger partial charge in [0.1, 0.15) is 6.04 Å². The van der Waals surface area contributed by atoms with E-state index in [1.807, 2.05) is 0 Å². The number of amides is 2. The van der Waals surface area contributed by atoms with Crippen molar-refractivity contribution in [3.8, 4) is 11.5 Å². The molecule has 26 heavy (non-hydrogen) atoms. The van der Waals surface area contributed by atoms with Crippen molar-refractivity contribution in [3.63, 3.8) is 0 Å². The van der Waals surface area contributed by atoms with Gasteiger partial charge in [-0.05, 0) is 43.3 Å². The van der Waals surface area contributed by atoms with Crippen molar-refractivity contribution in [2.75, 3.05) is 24.4 Å². The first-order valence-corrected chi connectivity index (χ1v) is 8.19. The van der Waals surface area contributed by atoms with E-state index in [4.69, 9.17) is 26.8 Å². The Hall–Kier alpha value is -2.93. The average Bonchev–Trinajstić information content (AvgIpc) is 2.62. The van der Waals surface area contributed by atoms with Crippen LogP contribution in [0.25, 0.3) is 0 Å². The zero-order valence-corrected chi connectivity index (χ0v) is 15.2. The molecule has 0 unspecified atom stereocenters. The van der Waals surface area contributed by atoms with Crippen LogP contribution in [0.4, 0.5) is 11.4 Å². The summed E-state index contributed by atoms with van der Waals surface area (Å²) in [4.78, 5) is 23.2. The smallest absolute Gasteiger partial charge is 0.255 e. The second kappa shape index (κ2) is 8.96. The van der Waals surface area contributed by atoms with E-state index in [1.165, 1.54) is 7.11 Å². The summed E-state index contributed by atoms with van der Waals surface area (Å²) in [6.45, 7) is 1.45. The summed E-state index contributed by atoms with van der Waals surface area (Å²) in [6.07, 6.45) is 0. The number of nitrogens with two attached hydrogens (primary N) is 1. The second-order valence-electron chi connectivity index (χ2n) is 5.48. The number of rotatable bonds is 8. The fourth-order valence-electron chi connectivity index (χ4n) is 2.13. The lowest BCUT2D eigenvalue weighted by molar-refractivity contribution is -0.120. The third-order valence-electron chi connectivity index (χ3n) is 3.42. The van der Waals surface area contributed by atoms with Gasteiger partial charge in [0.05, 0.1) is 7.11 Å². The van der Waals surface area contributed by atoms with Gasteiger partial charge in [-0.1, -0.05) is 11.6 Å². The number of benzene rings is 2. The molecule has 0 radical (unpaired) electrons. The van der Waals surface area contributed by atoms with E-state index in [9.17, 15) is 9.59 Å². The Labute approximate surface area is 156 Å². The third kappa shape index (κ3) is 5.56. The first-order chi connectivity index (χ1) is 12.4. The number of methoxy groups -OCH3 is 1. The molecule has 1 atom stereocenters. The van der Waals surface area contributed by atoms with Crippen LogP contribution in [0.3, 0.4) is 0 Å². The lowest BCUT2D eigenvalue weighted by atomic mass is 10.2. The predicted octanol–water partition coefficient (Wildman–Crippen LogP) is 2.65. The summed E-state index contributed by atoms with van der Waals surface area (Å²) >= 11 is 5.83. The van der Waals surface area contributed by atoms with Gasteiger partial charge in [-0.2, -0.15) is 0 Å². The first kappa shape index (κ1) is 19.4. The van der Waals surface area contributed by atoms with Gasteiger partial charge in [0.15, 0.2) is 18.1 Å². The number of hydrogen-bond donors (Lipinski definition) is 3. The van der Waals surface area contributed by atoms with Crippen molar-refractivity contribution in [2.45, 2.75) is 13.0 Å². The van der Waals surface area contributed by atoms with Crippen LogP contribution < -0.4 is 25.8 Å². The lowest BCUT2D eigenvalue weighted by Gasteiger charge is -2.17. The van der Waals surface area contributed by atoms with Gasteiger partial charge in [-0.15, -0.1) is 0 Å². The molecule has 0 saturated heterocycles. The summed E-state index contributed by atoms with van der Waals surface area (Å²) in [5.74, 6) is -0.0134. The van der Waals surface area contributed by atoms with Crippen molar-refractivity contribution in [1.82, 2.24) is 0 Å². The zero-order chi connectivity index (χ0) is 19.1. The minimum atomic E-state index is -0.596. The highest BCUT2D eigenvalue weighted by Crippen LogP contribution is 2.30. The van der Waals surface area contributed by atoms with E-state index in [1.54, 1.807) is 49.4 Å². The van der Waals surface area contributed by atoms with Crippen molar-refractivity contribution < 1.29 is 19.1 Å². The molecule has 2 aromatic carbocycles. The molecule has 0 spiro atoms. The van der Waals surface area contributed by atoms with Crippen molar-refractivity contribution in [3.05, 3.63) is 47.5 Å². The quantitative estimate of drug-likeness (QED) is 0.656. The van der Waals surface area contributed by atoms with Crippen LogP contribution in [0.2, 0.25) is 5.02 Å². The number of hydrogen-bond acceptors (Lipinski definition) is 5. The Kier molecular flexibility index (Phi) is 6.68. The minimum absolute atomic E-state index is 0.220. The largest absolute Gasteiger partial charge is 0.493 e. The number of carbonyl (C=O) groups is 2. The molecule has 0 bridgehead atoms. The Morgan fingerprint density at radius 3 is 2.38 bits per heavy atom. The van der Waals surface area contributed by atoms with Crippen molar-refractivity contribution in [1.29, 1.82) is 0 Å². The van der Waals surface area contributed by atoms with Crippen molar-refractivity contribution in [2.24, 2.45) is 5.73 Å². The van der Waals surface area contributed by atoms with E-state index in [0.29, 0.717) is 27.9 Å². The molecule has 0 heterocycles. The molecule has 2 amide bonds. The average molecular weight is 378 g/mol. The highest BCUT2D eigenvalue weighted by Gasteiger charge is 2.14. The van der Waals surface area contributed by atoms with Crippen LogP contribution in [0.15, 0.2) is 42.5 Å². The molecule has 2 aromatic rings. The summed E-state index contributed by atoms with van der Waals surface area (Å²) in [5.41, 5.74) is 6.37.